The van der Waals surface area contributed by atoms with Crippen molar-refractivity contribution in [3.63, 3.8) is 0 Å². The zero-order chi connectivity index (χ0) is 26.4. The average molecular weight is 507 g/mol. The predicted octanol–water partition coefficient (Wildman–Crippen LogP) is 5.25. The Balaban J connectivity index is 1.61. The molecule has 0 saturated heterocycles. The molecule has 1 heterocycles. The van der Waals surface area contributed by atoms with Crippen LogP contribution in [0.1, 0.15) is 36.0 Å². The molecule has 0 fully saturated rings. The Morgan fingerprint density at radius 1 is 0.789 bits per heavy atom. The fourth-order valence-electron chi connectivity index (χ4n) is 5.44. The number of phenols is 5. The van der Waals surface area contributed by atoms with Crippen LogP contribution in [-0.4, -0.2) is 25.5 Å². The summed E-state index contributed by atoms with van der Waals surface area (Å²) in [6.45, 7) is 0. The molecule has 4 aromatic rings. The zero-order valence-electron chi connectivity index (χ0n) is 20.5. The van der Waals surface area contributed by atoms with Gasteiger partial charge in [-0.25, -0.2) is 0 Å². The van der Waals surface area contributed by atoms with E-state index in [1.807, 2.05) is 54.6 Å². The lowest BCUT2D eigenvalue weighted by molar-refractivity contribution is 0.324. The summed E-state index contributed by atoms with van der Waals surface area (Å²) >= 11 is 0. The van der Waals surface area contributed by atoms with Crippen LogP contribution in [-0.2, 0) is 6.42 Å². The van der Waals surface area contributed by atoms with E-state index in [0.717, 1.165) is 68.7 Å². The summed E-state index contributed by atoms with van der Waals surface area (Å²) in [5.41, 5.74) is 6.42. The van der Waals surface area contributed by atoms with Gasteiger partial charge in [0.1, 0.15) is 11.0 Å². The van der Waals surface area contributed by atoms with Gasteiger partial charge < -0.3 is 29.9 Å². The van der Waals surface area contributed by atoms with Crippen LogP contribution in [0.5, 0.6) is 28.7 Å². The van der Waals surface area contributed by atoms with Crippen LogP contribution in [0.2, 0.25) is 0 Å². The minimum Gasteiger partial charge on any atom is -0.504 e. The summed E-state index contributed by atoms with van der Waals surface area (Å²) in [4.78, 5) is 0. The lowest BCUT2D eigenvalue weighted by atomic mass is 9.83. The van der Waals surface area contributed by atoms with Crippen LogP contribution in [0.15, 0.2) is 82.8 Å². The number of benzene rings is 3. The lowest BCUT2D eigenvalue weighted by Gasteiger charge is -2.21. The third-order valence-corrected chi connectivity index (χ3v) is 7.28. The van der Waals surface area contributed by atoms with Gasteiger partial charge in [-0.2, -0.15) is 0 Å². The van der Waals surface area contributed by atoms with Crippen LogP contribution in [0.25, 0.3) is 28.2 Å². The summed E-state index contributed by atoms with van der Waals surface area (Å²) in [5, 5.41) is 53.3. The van der Waals surface area contributed by atoms with E-state index in [2.05, 4.69) is 24.3 Å². The first-order chi connectivity index (χ1) is 18.5. The minimum absolute atomic E-state index is 0.00202. The molecule has 0 spiro atoms. The standard InChI is InChI=1S/C32H26O6/c33-27-24(28(34)30(36)31(37)29(27)35)17-19-11-4-5-12-20(19)26(18-9-2-1-3-10-18)23-15-8-14-22-21-13-6-7-16-25(21)38-32(22)23/h1-7,9,11-14,16,33-37H,8,10,15,17H2/b26-18+. The highest BCUT2D eigenvalue weighted by Gasteiger charge is 2.26. The van der Waals surface area contributed by atoms with E-state index in [4.69, 9.17) is 4.42 Å². The van der Waals surface area contributed by atoms with Crippen molar-refractivity contribution < 1.29 is 29.9 Å². The smallest absolute Gasteiger partial charge is 0.208 e. The van der Waals surface area contributed by atoms with Crippen molar-refractivity contribution in [3.05, 3.63) is 106 Å². The molecule has 3 aromatic carbocycles. The summed E-state index contributed by atoms with van der Waals surface area (Å²) < 4.78 is 6.42. The molecule has 0 aliphatic heterocycles. The third-order valence-electron chi connectivity index (χ3n) is 7.28. The van der Waals surface area contributed by atoms with E-state index in [9.17, 15) is 25.5 Å². The van der Waals surface area contributed by atoms with Gasteiger partial charge in [-0.15, -0.1) is 0 Å². The molecule has 6 heteroatoms. The van der Waals surface area contributed by atoms with E-state index in [1.165, 1.54) is 0 Å². The fraction of sp³-hybridized carbons (Fsp3) is 0.125. The van der Waals surface area contributed by atoms with Crippen molar-refractivity contribution in [3.8, 4) is 28.7 Å². The molecule has 6 nitrogen and oxygen atoms in total. The maximum Gasteiger partial charge on any atom is 0.208 e. The van der Waals surface area contributed by atoms with Gasteiger partial charge in [0.2, 0.25) is 17.2 Å². The largest absolute Gasteiger partial charge is 0.504 e. The molecule has 0 bridgehead atoms. The maximum absolute atomic E-state index is 10.5. The molecule has 0 atom stereocenters. The van der Waals surface area contributed by atoms with E-state index < -0.39 is 28.7 Å². The highest BCUT2D eigenvalue weighted by molar-refractivity contribution is 6.02. The maximum atomic E-state index is 10.5. The molecule has 0 radical (unpaired) electrons. The van der Waals surface area contributed by atoms with Gasteiger partial charge in [-0.3, -0.25) is 0 Å². The van der Waals surface area contributed by atoms with Gasteiger partial charge in [-0.05, 0) is 47.6 Å². The highest BCUT2D eigenvalue weighted by Crippen LogP contribution is 2.51. The molecule has 6 rings (SSSR count). The Bertz CT molecular complexity index is 1790. The Morgan fingerprint density at radius 3 is 2.26 bits per heavy atom. The first kappa shape index (κ1) is 23.6. The van der Waals surface area contributed by atoms with Crippen molar-refractivity contribution in [2.75, 3.05) is 0 Å². The quantitative estimate of drug-likeness (QED) is 0.191. The molecule has 5 N–H and O–H groups in total. The SMILES string of the molecule is Oc1c(O)c(O)c(Cc2ccccc2/C(C2=c3oc4ccccc4c3=CCC2)=C2/C=CC=CC2)c(O)c1O. The lowest BCUT2D eigenvalue weighted by Crippen LogP contribution is -2.27. The van der Waals surface area contributed by atoms with E-state index >= 15 is 0 Å². The average Bonchev–Trinajstić information content (AvgIpc) is 3.34. The predicted molar refractivity (Wildman–Crippen MR) is 146 cm³/mol. The monoisotopic (exact) mass is 506 g/mol. The molecule has 0 unspecified atom stereocenters. The molecule has 1 aromatic heterocycles. The van der Waals surface area contributed by atoms with Crippen molar-refractivity contribution in [1.29, 1.82) is 0 Å². The number of phenolic OH excluding ortho intramolecular Hbond substituents is 5. The summed E-state index contributed by atoms with van der Waals surface area (Å²) in [6.07, 6.45) is 12.8. The number of rotatable bonds is 4. The summed E-state index contributed by atoms with van der Waals surface area (Å²) in [6, 6.07) is 15.7. The number of fused-ring (bicyclic) bond motifs is 3. The summed E-state index contributed by atoms with van der Waals surface area (Å²) in [7, 11) is 0. The Hall–Kier alpha value is -4.84. The molecule has 190 valence electrons. The first-order valence-corrected chi connectivity index (χ1v) is 12.5. The number of allylic oxidation sites excluding steroid dienone is 6. The highest BCUT2D eigenvalue weighted by atomic mass is 16.4. The minimum atomic E-state index is -0.967. The Kier molecular flexibility index (Phi) is 5.72. The van der Waals surface area contributed by atoms with Crippen LogP contribution >= 0.6 is 0 Å². The Morgan fingerprint density at radius 2 is 1.50 bits per heavy atom. The molecule has 0 saturated carbocycles. The number of furan rings is 1. The second-order valence-electron chi connectivity index (χ2n) is 9.51. The molecule has 38 heavy (non-hydrogen) atoms. The third kappa shape index (κ3) is 3.73. The fourth-order valence-corrected chi connectivity index (χ4v) is 5.44. The van der Waals surface area contributed by atoms with Crippen molar-refractivity contribution in [1.82, 2.24) is 0 Å². The van der Waals surface area contributed by atoms with Crippen molar-refractivity contribution >= 4 is 28.2 Å². The van der Waals surface area contributed by atoms with Gasteiger partial charge in [0.05, 0.1) is 0 Å². The van der Waals surface area contributed by atoms with E-state index in [0.29, 0.717) is 0 Å². The normalized spacial score (nSPS) is 15.9. The van der Waals surface area contributed by atoms with E-state index in [-0.39, 0.29) is 12.0 Å². The first-order valence-electron chi connectivity index (χ1n) is 12.5. The van der Waals surface area contributed by atoms with Gasteiger partial charge in [-0.1, -0.05) is 72.8 Å². The topological polar surface area (TPSA) is 114 Å². The van der Waals surface area contributed by atoms with Gasteiger partial charge >= 0.3 is 0 Å². The van der Waals surface area contributed by atoms with Crippen molar-refractivity contribution in [2.24, 2.45) is 0 Å². The number of para-hydroxylation sites is 1. The number of hydrogen-bond donors (Lipinski definition) is 5. The molecular formula is C32H26O6. The molecule has 0 amide bonds. The number of aromatic hydroxyl groups is 5. The van der Waals surface area contributed by atoms with Gasteiger partial charge in [0.25, 0.3) is 0 Å². The van der Waals surface area contributed by atoms with Crippen molar-refractivity contribution in [2.45, 2.75) is 25.7 Å². The van der Waals surface area contributed by atoms with Crippen LogP contribution in [0.3, 0.4) is 0 Å². The van der Waals surface area contributed by atoms with Crippen LogP contribution in [0.4, 0.5) is 0 Å². The van der Waals surface area contributed by atoms with Crippen LogP contribution in [0, 0.1) is 0 Å². The molecule has 2 aliphatic rings. The second-order valence-corrected chi connectivity index (χ2v) is 9.51. The molecular weight excluding hydrogens is 480 g/mol. The van der Waals surface area contributed by atoms with Gasteiger partial charge in [0.15, 0.2) is 11.5 Å². The number of hydrogen-bond acceptors (Lipinski definition) is 6. The van der Waals surface area contributed by atoms with Gasteiger partial charge in [0, 0.05) is 28.2 Å². The molecule has 2 aliphatic carbocycles. The van der Waals surface area contributed by atoms with E-state index in [1.54, 1.807) is 0 Å². The Labute approximate surface area is 218 Å². The zero-order valence-corrected chi connectivity index (χ0v) is 20.5. The summed E-state index contributed by atoms with van der Waals surface area (Å²) in [5.74, 6) is -4.08. The second kappa shape index (κ2) is 9.23. The van der Waals surface area contributed by atoms with Crippen LogP contribution < -0.4 is 10.6 Å².